The fraction of sp³-hybridized carbons (Fsp3) is 0.486. The van der Waals surface area contributed by atoms with Crippen molar-refractivity contribution in [2.24, 2.45) is 5.41 Å². The molecule has 2 unspecified atom stereocenters. The molecular weight excluding hydrogens is 604 g/mol. The molecular formula is C35H44N4O8. The maximum Gasteiger partial charge on any atom is 0.328 e. The van der Waals surface area contributed by atoms with Crippen LogP contribution in [0.25, 0.3) is 10.9 Å². The Hall–Kier alpha value is -4.74. The molecule has 1 aliphatic carbocycles. The predicted octanol–water partition coefficient (Wildman–Crippen LogP) is 4.75. The normalized spacial score (nSPS) is 14.6. The number of esters is 3. The maximum atomic E-state index is 13.5. The smallest absolute Gasteiger partial charge is 0.328 e. The number of methoxy groups -OCH3 is 2. The number of hydrogen-bond donors (Lipinski definition) is 2. The van der Waals surface area contributed by atoms with Gasteiger partial charge in [0.15, 0.2) is 6.73 Å². The molecule has 0 spiro atoms. The zero-order valence-electron chi connectivity index (χ0n) is 27.9. The van der Waals surface area contributed by atoms with Crippen molar-refractivity contribution in [3.05, 3.63) is 69.3 Å². The van der Waals surface area contributed by atoms with Gasteiger partial charge in [-0.3, -0.25) is 23.7 Å². The van der Waals surface area contributed by atoms with Gasteiger partial charge < -0.3 is 24.8 Å². The highest BCUT2D eigenvalue weighted by Crippen LogP contribution is 2.36. The van der Waals surface area contributed by atoms with E-state index in [2.05, 4.69) is 20.4 Å². The molecule has 1 aromatic heterocycles. The fourth-order valence-electron chi connectivity index (χ4n) is 5.53. The number of nitrogens with one attached hydrogen (secondary N) is 2. The van der Waals surface area contributed by atoms with Gasteiger partial charge in [0.05, 0.1) is 36.6 Å². The van der Waals surface area contributed by atoms with Gasteiger partial charge >= 0.3 is 17.9 Å². The number of benzene rings is 2. The van der Waals surface area contributed by atoms with Crippen LogP contribution >= 0.6 is 0 Å². The average molecular weight is 649 g/mol. The van der Waals surface area contributed by atoms with Gasteiger partial charge in [-0.1, -0.05) is 12.8 Å². The lowest BCUT2D eigenvalue weighted by molar-refractivity contribution is -0.157. The van der Waals surface area contributed by atoms with Crippen molar-refractivity contribution in [1.29, 1.82) is 0 Å². The molecule has 3 aromatic rings. The average Bonchev–Trinajstić information content (AvgIpc) is 3.43. The van der Waals surface area contributed by atoms with Crippen LogP contribution in [0.3, 0.4) is 0 Å². The van der Waals surface area contributed by atoms with Gasteiger partial charge in [-0.15, -0.1) is 0 Å². The summed E-state index contributed by atoms with van der Waals surface area (Å²) in [6.45, 7) is 6.77. The van der Waals surface area contributed by atoms with Crippen LogP contribution in [0.15, 0.2) is 41.2 Å². The van der Waals surface area contributed by atoms with E-state index >= 15 is 0 Å². The highest BCUT2D eigenvalue weighted by molar-refractivity contribution is 5.97. The SMILES string of the molecule is COC(=O)CCCCCC(NC(=O)c1ccc(NC2CCc3cc4nc(C)n(COC(=O)C(C)(C)C)c(=O)c4cc32)cc1)C(=O)OC. The Labute approximate surface area is 274 Å². The Morgan fingerprint density at radius 1 is 1.02 bits per heavy atom. The van der Waals surface area contributed by atoms with Gasteiger partial charge in [-0.05, 0) is 101 Å². The third-order valence-corrected chi connectivity index (χ3v) is 8.30. The number of carbonyl (C=O) groups is 4. The van der Waals surface area contributed by atoms with E-state index in [0.29, 0.717) is 54.4 Å². The Kier molecular flexibility index (Phi) is 11.4. The molecule has 0 radical (unpaired) electrons. The van der Waals surface area contributed by atoms with Crippen molar-refractivity contribution >= 4 is 40.4 Å². The lowest BCUT2D eigenvalue weighted by atomic mass is 9.98. The number of hydrogen-bond acceptors (Lipinski definition) is 10. The van der Waals surface area contributed by atoms with E-state index in [1.807, 2.05) is 12.1 Å². The van der Waals surface area contributed by atoms with E-state index in [9.17, 15) is 24.0 Å². The number of ether oxygens (including phenoxy) is 3. The molecule has 2 aromatic carbocycles. The second-order valence-electron chi connectivity index (χ2n) is 12.8. The molecule has 12 nitrogen and oxygen atoms in total. The van der Waals surface area contributed by atoms with E-state index < -0.39 is 29.3 Å². The molecule has 0 aliphatic heterocycles. The molecule has 1 heterocycles. The number of aromatic nitrogens is 2. The molecule has 0 bridgehead atoms. The molecule has 0 saturated carbocycles. The van der Waals surface area contributed by atoms with E-state index in [1.165, 1.54) is 18.8 Å². The fourth-order valence-corrected chi connectivity index (χ4v) is 5.53. The minimum atomic E-state index is -0.804. The topological polar surface area (TPSA) is 155 Å². The summed E-state index contributed by atoms with van der Waals surface area (Å²) in [5.74, 6) is -1.14. The van der Waals surface area contributed by atoms with Gasteiger partial charge in [0, 0.05) is 17.7 Å². The molecule has 252 valence electrons. The largest absolute Gasteiger partial charge is 0.469 e. The summed E-state index contributed by atoms with van der Waals surface area (Å²) in [6.07, 6.45) is 4.29. The summed E-state index contributed by atoms with van der Waals surface area (Å²) >= 11 is 0. The van der Waals surface area contributed by atoms with Crippen LogP contribution in [0.4, 0.5) is 5.69 Å². The van der Waals surface area contributed by atoms with E-state index in [1.54, 1.807) is 52.0 Å². The van der Waals surface area contributed by atoms with Crippen molar-refractivity contribution in [2.45, 2.75) is 91.5 Å². The van der Waals surface area contributed by atoms with Crippen LogP contribution in [-0.4, -0.2) is 53.6 Å². The van der Waals surface area contributed by atoms with Crippen molar-refractivity contribution in [2.75, 3.05) is 19.5 Å². The molecule has 1 aliphatic rings. The quantitative estimate of drug-likeness (QED) is 0.151. The minimum Gasteiger partial charge on any atom is -0.469 e. The third-order valence-electron chi connectivity index (χ3n) is 8.30. The van der Waals surface area contributed by atoms with Crippen LogP contribution in [0.2, 0.25) is 0 Å². The first kappa shape index (κ1) is 35.1. The van der Waals surface area contributed by atoms with Crippen LogP contribution in [0, 0.1) is 12.3 Å². The number of amides is 1. The summed E-state index contributed by atoms with van der Waals surface area (Å²) < 4.78 is 16.3. The van der Waals surface area contributed by atoms with Crippen molar-refractivity contribution in [3.63, 3.8) is 0 Å². The molecule has 12 heteroatoms. The number of carbonyl (C=O) groups excluding carboxylic acids is 4. The first-order valence-electron chi connectivity index (χ1n) is 15.9. The maximum absolute atomic E-state index is 13.5. The van der Waals surface area contributed by atoms with Gasteiger partial charge in [-0.2, -0.15) is 0 Å². The van der Waals surface area contributed by atoms with Gasteiger partial charge in [0.2, 0.25) is 0 Å². The number of fused-ring (bicyclic) bond motifs is 2. The van der Waals surface area contributed by atoms with Gasteiger partial charge in [0.1, 0.15) is 11.9 Å². The van der Waals surface area contributed by atoms with Crippen LogP contribution in [-0.2, 0) is 41.7 Å². The lowest BCUT2D eigenvalue weighted by Crippen LogP contribution is -2.41. The molecule has 0 saturated heterocycles. The number of nitrogens with zero attached hydrogens (tertiary/aromatic N) is 2. The molecule has 0 fully saturated rings. The van der Waals surface area contributed by atoms with E-state index in [-0.39, 0.29) is 24.3 Å². The summed E-state index contributed by atoms with van der Waals surface area (Å²) in [5, 5.41) is 6.73. The highest BCUT2D eigenvalue weighted by Gasteiger charge is 2.27. The Morgan fingerprint density at radius 3 is 2.40 bits per heavy atom. The number of rotatable bonds is 13. The van der Waals surface area contributed by atoms with Crippen molar-refractivity contribution < 1.29 is 33.4 Å². The third kappa shape index (κ3) is 8.75. The second kappa shape index (κ2) is 15.2. The van der Waals surface area contributed by atoms with Crippen LogP contribution < -0.4 is 16.2 Å². The predicted molar refractivity (Wildman–Crippen MR) is 176 cm³/mol. The first-order chi connectivity index (χ1) is 22.3. The molecule has 47 heavy (non-hydrogen) atoms. The highest BCUT2D eigenvalue weighted by atomic mass is 16.5. The van der Waals surface area contributed by atoms with Gasteiger partial charge in [-0.25, -0.2) is 9.78 Å². The first-order valence-corrected chi connectivity index (χ1v) is 15.9. The number of aryl methyl sites for hydroxylation is 2. The molecule has 2 N–H and O–H groups in total. The van der Waals surface area contributed by atoms with Crippen LogP contribution in [0.1, 0.15) is 92.6 Å². The summed E-state index contributed by atoms with van der Waals surface area (Å²) in [5.41, 5.74) is 2.92. The summed E-state index contributed by atoms with van der Waals surface area (Å²) in [4.78, 5) is 67.0. The second-order valence-corrected chi connectivity index (χ2v) is 12.8. The monoisotopic (exact) mass is 648 g/mol. The molecule has 2 atom stereocenters. The van der Waals surface area contributed by atoms with E-state index in [4.69, 9.17) is 9.47 Å². The van der Waals surface area contributed by atoms with Gasteiger partial charge in [0.25, 0.3) is 11.5 Å². The zero-order valence-corrected chi connectivity index (χ0v) is 27.9. The standard InChI is InChI=1S/C35H44N4O8/c1-21-36-29-18-23-14-17-27(25(23)19-26(29)32(42)39(21)20-47-34(44)35(2,3)4)37-24-15-12-22(13-16-24)31(41)38-28(33(43)46-6)10-8-7-9-11-30(40)45-5/h12-13,15-16,18-19,27-28,37H,7-11,14,17,20H2,1-6H3,(H,38,41). The summed E-state index contributed by atoms with van der Waals surface area (Å²) in [6, 6.07) is 9.93. The summed E-state index contributed by atoms with van der Waals surface area (Å²) in [7, 11) is 2.62. The van der Waals surface area contributed by atoms with E-state index in [0.717, 1.165) is 29.7 Å². The zero-order chi connectivity index (χ0) is 34.3. The lowest BCUT2D eigenvalue weighted by Gasteiger charge is -2.19. The van der Waals surface area contributed by atoms with Crippen LogP contribution in [0.5, 0.6) is 0 Å². The minimum absolute atomic E-state index is 0.0650. The Balaban J connectivity index is 1.42. The Bertz CT molecular complexity index is 1690. The number of unbranched alkanes of at least 4 members (excludes halogenated alkanes) is 2. The molecule has 1 amide bonds. The molecule has 4 rings (SSSR count). The number of anilines is 1. The Morgan fingerprint density at radius 2 is 1.74 bits per heavy atom. The van der Waals surface area contributed by atoms with Crippen molar-refractivity contribution in [3.8, 4) is 0 Å². The van der Waals surface area contributed by atoms with Crippen molar-refractivity contribution in [1.82, 2.24) is 14.9 Å².